The van der Waals surface area contributed by atoms with Crippen LogP contribution in [-0.4, -0.2) is 11.0 Å². The van der Waals surface area contributed by atoms with Gasteiger partial charge in [0, 0.05) is 23.7 Å². The Balaban J connectivity index is 2.29. The molecule has 0 atom stereocenters. The number of anilines is 1. The molecular formula is C14H19N3S. The summed E-state index contributed by atoms with van der Waals surface area (Å²) in [6.07, 6.45) is 1.80. The number of nitrogens with zero attached hydrogens (tertiary/aromatic N) is 2. The first-order chi connectivity index (χ1) is 8.72. The van der Waals surface area contributed by atoms with Gasteiger partial charge < -0.3 is 10.6 Å². The predicted octanol–water partition coefficient (Wildman–Crippen LogP) is 3.02. The molecule has 0 amide bonds. The fraction of sp³-hybridized carbons (Fsp3) is 0.357. The van der Waals surface area contributed by atoms with Crippen LogP contribution in [0, 0.1) is 0 Å². The third kappa shape index (κ3) is 2.89. The van der Waals surface area contributed by atoms with E-state index in [0.717, 1.165) is 17.9 Å². The second kappa shape index (κ2) is 5.98. The van der Waals surface area contributed by atoms with Gasteiger partial charge in [-0.3, -0.25) is 4.98 Å². The SMILES string of the molecule is CC(C)N(Cc1cccs1)c1cccnc1CN. The number of thiophene rings is 1. The first kappa shape index (κ1) is 13.1. The highest BCUT2D eigenvalue weighted by atomic mass is 32.1. The van der Waals surface area contributed by atoms with E-state index < -0.39 is 0 Å². The normalized spacial score (nSPS) is 10.9. The summed E-state index contributed by atoms with van der Waals surface area (Å²) in [5, 5.41) is 2.11. The van der Waals surface area contributed by atoms with Crippen LogP contribution < -0.4 is 10.6 Å². The maximum atomic E-state index is 5.78. The van der Waals surface area contributed by atoms with Gasteiger partial charge in [-0.15, -0.1) is 11.3 Å². The molecule has 4 heteroatoms. The summed E-state index contributed by atoms with van der Waals surface area (Å²) in [6.45, 7) is 5.78. The number of nitrogens with two attached hydrogens (primary N) is 1. The summed E-state index contributed by atoms with van der Waals surface area (Å²) in [5.41, 5.74) is 7.88. The van der Waals surface area contributed by atoms with Gasteiger partial charge in [0.05, 0.1) is 17.9 Å². The van der Waals surface area contributed by atoms with Crippen LogP contribution >= 0.6 is 11.3 Å². The highest BCUT2D eigenvalue weighted by Crippen LogP contribution is 2.24. The highest BCUT2D eigenvalue weighted by molar-refractivity contribution is 7.09. The smallest absolute Gasteiger partial charge is 0.0772 e. The van der Waals surface area contributed by atoms with Crippen molar-refractivity contribution >= 4 is 17.0 Å². The van der Waals surface area contributed by atoms with Gasteiger partial charge >= 0.3 is 0 Å². The molecule has 2 N–H and O–H groups in total. The largest absolute Gasteiger partial charge is 0.362 e. The van der Waals surface area contributed by atoms with Crippen molar-refractivity contribution in [1.29, 1.82) is 0 Å². The topological polar surface area (TPSA) is 42.2 Å². The van der Waals surface area contributed by atoms with Crippen LogP contribution in [0.1, 0.15) is 24.4 Å². The number of hydrogen-bond donors (Lipinski definition) is 1. The molecule has 0 saturated carbocycles. The monoisotopic (exact) mass is 261 g/mol. The van der Waals surface area contributed by atoms with Crippen molar-refractivity contribution < 1.29 is 0 Å². The van der Waals surface area contributed by atoms with Crippen LogP contribution in [-0.2, 0) is 13.1 Å². The predicted molar refractivity (Wildman–Crippen MR) is 77.8 cm³/mol. The molecule has 96 valence electrons. The first-order valence-electron chi connectivity index (χ1n) is 6.15. The fourth-order valence-electron chi connectivity index (χ4n) is 1.96. The molecule has 2 rings (SSSR count). The molecule has 0 unspecified atom stereocenters. The summed E-state index contributed by atoms with van der Waals surface area (Å²) in [6, 6.07) is 8.74. The molecule has 18 heavy (non-hydrogen) atoms. The van der Waals surface area contributed by atoms with Crippen LogP contribution in [0.5, 0.6) is 0 Å². The molecule has 0 aliphatic rings. The molecule has 2 aromatic rings. The van der Waals surface area contributed by atoms with Crippen LogP contribution in [0.2, 0.25) is 0 Å². The zero-order valence-electron chi connectivity index (χ0n) is 10.8. The quantitative estimate of drug-likeness (QED) is 0.899. The van der Waals surface area contributed by atoms with Gasteiger partial charge in [0.15, 0.2) is 0 Å². The molecule has 0 spiro atoms. The average Bonchev–Trinajstić information content (AvgIpc) is 2.88. The van der Waals surface area contributed by atoms with Gasteiger partial charge in [0.1, 0.15) is 0 Å². The maximum Gasteiger partial charge on any atom is 0.0772 e. The van der Waals surface area contributed by atoms with E-state index in [9.17, 15) is 0 Å². The van der Waals surface area contributed by atoms with E-state index in [2.05, 4.69) is 47.3 Å². The summed E-state index contributed by atoms with van der Waals surface area (Å²) in [5.74, 6) is 0. The second-order valence-electron chi connectivity index (χ2n) is 4.47. The number of aromatic nitrogens is 1. The lowest BCUT2D eigenvalue weighted by molar-refractivity contribution is 0.680. The van der Waals surface area contributed by atoms with E-state index in [4.69, 9.17) is 5.73 Å². The number of rotatable bonds is 5. The Bertz CT molecular complexity index is 480. The van der Waals surface area contributed by atoms with Crippen molar-refractivity contribution in [1.82, 2.24) is 4.98 Å². The van der Waals surface area contributed by atoms with Crippen molar-refractivity contribution in [3.05, 3.63) is 46.4 Å². The molecule has 0 aliphatic carbocycles. The standard InChI is InChI=1S/C14H19N3S/c1-11(2)17(10-12-5-4-8-18-12)14-6-3-7-16-13(14)9-15/h3-8,11H,9-10,15H2,1-2H3. The molecule has 0 saturated heterocycles. The minimum atomic E-state index is 0.418. The van der Waals surface area contributed by atoms with Gasteiger partial charge in [-0.2, -0.15) is 0 Å². The molecule has 0 aromatic carbocycles. The summed E-state index contributed by atoms with van der Waals surface area (Å²) in [4.78, 5) is 8.07. The summed E-state index contributed by atoms with van der Waals surface area (Å²) < 4.78 is 0. The minimum Gasteiger partial charge on any atom is -0.362 e. The van der Waals surface area contributed by atoms with Crippen LogP contribution in [0.4, 0.5) is 5.69 Å². The van der Waals surface area contributed by atoms with E-state index in [0.29, 0.717) is 12.6 Å². The lowest BCUT2D eigenvalue weighted by atomic mass is 10.2. The first-order valence-corrected chi connectivity index (χ1v) is 7.03. The van der Waals surface area contributed by atoms with Gasteiger partial charge in [-0.1, -0.05) is 6.07 Å². The minimum absolute atomic E-state index is 0.418. The van der Waals surface area contributed by atoms with Crippen molar-refractivity contribution in [2.45, 2.75) is 33.0 Å². The molecule has 0 radical (unpaired) electrons. The van der Waals surface area contributed by atoms with Crippen molar-refractivity contribution in [2.24, 2.45) is 5.73 Å². The summed E-state index contributed by atoms with van der Waals surface area (Å²) in [7, 11) is 0. The molecule has 0 fully saturated rings. The Kier molecular flexibility index (Phi) is 4.33. The van der Waals surface area contributed by atoms with Gasteiger partial charge in [-0.25, -0.2) is 0 Å². The zero-order valence-corrected chi connectivity index (χ0v) is 11.7. The third-order valence-corrected chi connectivity index (χ3v) is 3.76. The fourth-order valence-corrected chi connectivity index (χ4v) is 2.67. The Labute approximate surface area is 112 Å². The van der Waals surface area contributed by atoms with E-state index in [1.165, 1.54) is 4.88 Å². The molecule has 0 bridgehead atoms. The van der Waals surface area contributed by atoms with Crippen molar-refractivity contribution in [3.8, 4) is 0 Å². The van der Waals surface area contributed by atoms with Gasteiger partial charge in [-0.05, 0) is 37.4 Å². The molecular weight excluding hydrogens is 242 g/mol. The second-order valence-corrected chi connectivity index (χ2v) is 5.51. The average molecular weight is 261 g/mol. The number of pyridine rings is 1. The van der Waals surface area contributed by atoms with Gasteiger partial charge in [0.25, 0.3) is 0 Å². The Morgan fingerprint density at radius 3 is 2.78 bits per heavy atom. The maximum absolute atomic E-state index is 5.78. The Morgan fingerprint density at radius 1 is 1.33 bits per heavy atom. The van der Waals surface area contributed by atoms with Crippen LogP contribution in [0.25, 0.3) is 0 Å². The lowest BCUT2D eigenvalue weighted by Gasteiger charge is -2.29. The highest BCUT2D eigenvalue weighted by Gasteiger charge is 2.15. The molecule has 3 nitrogen and oxygen atoms in total. The summed E-state index contributed by atoms with van der Waals surface area (Å²) >= 11 is 1.78. The zero-order chi connectivity index (χ0) is 13.0. The van der Waals surface area contributed by atoms with E-state index in [-0.39, 0.29) is 0 Å². The van der Waals surface area contributed by atoms with Crippen LogP contribution in [0.15, 0.2) is 35.8 Å². The molecule has 0 aliphatic heterocycles. The Morgan fingerprint density at radius 2 is 2.17 bits per heavy atom. The van der Waals surface area contributed by atoms with E-state index in [1.54, 1.807) is 17.5 Å². The van der Waals surface area contributed by atoms with Gasteiger partial charge in [0.2, 0.25) is 0 Å². The third-order valence-electron chi connectivity index (χ3n) is 2.90. The Hall–Kier alpha value is -1.39. The molecule has 2 aromatic heterocycles. The van der Waals surface area contributed by atoms with E-state index in [1.807, 2.05) is 6.07 Å². The van der Waals surface area contributed by atoms with Crippen LogP contribution in [0.3, 0.4) is 0 Å². The van der Waals surface area contributed by atoms with E-state index >= 15 is 0 Å². The van der Waals surface area contributed by atoms with Crippen molar-refractivity contribution in [2.75, 3.05) is 4.90 Å². The molecule has 2 heterocycles. The van der Waals surface area contributed by atoms with Crippen molar-refractivity contribution in [3.63, 3.8) is 0 Å². The lowest BCUT2D eigenvalue weighted by Crippen LogP contribution is -2.31. The number of hydrogen-bond acceptors (Lipinski definition) is 4.